The fourth-order valence-electron chi connectivity index (χ4n) is 2.62. The summed E-state index contributed by atoms with van der Waals surface area (Å²) in [5.74, 6) is 0.211. The van der Waals surface area contributed by atoms with Gasteiger partial charge in [0, 0.05) is 12.0 Å². The fraction of sp³-hybridized carbons (Fsp3) is 0.562. The molecule has 1 aliphatic heterocycles. The smallest absolute Gasteiger partial charge is 0.226 e. The van der Waals surface area contributed by atoms with Crippen molar-refractivity contribution in [2.75, 3.05) is 19.6 Å². The Bertz CT molecular complexity index is 436. The van der Waals surface area contributed by atoms with Gasteiger partial charge in [0.2, 0.25) is 5.91 Å². The molecule has 1 amide bonds. The van der Waals surface area contributed by atoms with Crippen LogP contribution in [0.5, 0.6) is 0 Å². The minimum atomic E-state index is -0.184. The van der Waals surface area contributed by atoms with Gasteiger partial charge in [-0.15, -0.1) is 0 Å². The second-order valence-corrected chi connectivity index (χ2v) is 5.74. The molecule has 0 saturated carbocycles. The molecule has 2 rings (SSSR count). The van der Waals surface area contributed by atoms with E-state index in [0.717, 1.165) is 38.9 Å². The van der Waals surface area contributed by atoms with Crippen molar-refractivity contribution in [3.63, 3.8) is 0 Å². The summed E-state index contributed by atoms with van der Waals surface area (Å²) in [5.41, 5.74) is 2.43. The maximum atomic E-state index is 12.3. The molecule has 1 aromatic carbocycles. The number of aryl methyl sites for hydroxylation is 1. The third-order valence-electron chi connectivity index (χ3n) is 4.20. The van der Waals surface area contributed by atoms with Gasteiger partial charge < -0.3 is 10.6 Å². The van der Waals surface area contributed by atoms with E-state index < -0.39 is 0 Å². The molecule has 19 heavy (non-hydrogen) atoms. The Balaban J connectivity index is 1.82. The van der Waals surface area contributed by atoms with Crippen LogP contribution >= 0.6 is 0 Å². The summed E-state index contributed by atoms with van der Waals surface area (Å²) < 4.78 is 0. The van der Waals surface area contributed by atoms with Gasteiger partial charge in [-0.3, -0.25) is 4.79 Å². The van der Waals surface area contributed by atoms with Gasteiger partial charge in [0.05, 0.1) is 0 Å². The SMILES string of the molecule is Cc1ccccc1CCNC(=O)C1(C)CCNCC1. The van der Waals surface area contributed by atoms with Crippen molar-refractivity contribution < 1.29 is 4.79 Å². The molecule has 104 valence electrons. The lowest BCUT2D eigenvalue weighted by Gasteiger charge is -2.32. The van der Waals surface area contributed by atoms with Crippen LogP contribution in [-0.2, 0) is 11.2 Å². The van der Waals surface area contributed by atoms with Gasteiger partial charge in [-0.05, 0) is 50.4 Å². The molecule has 0 atom stereocenters. The normalized spacial score (nSPS) is 18.0. The average Bonchev–Trinajstić information content (AvgIpc) is 2.41. The third kappa shape index (κ3) is 3.57. The molecule has 3 heteroatoms. The Morgan fingerprint density at radius 2 is 2.00 bits per heavy atom. The van der Waals surface area contributed by atoms with E-state index in [4.69, 9.17) is 0 Å². The summed E-state index contributed by atoms with van der Waals surface area (Å²) in [6, 6.07) is 8.35. The van der Waals surface area contributed by atoms with Crippen LogP contribution in [0.1, 0.15) is 30.9 Å². The lowest BCUT2D eigenvalue weighted by molar-refractivity contribution is -0.131. The van der Waals surface area contributed by atoms with E-state index >= 15 is 0 Å². The summed E-state index contributed by atoms with van der Waals surface area (Å²) >= 11 is 0. The predicted octanol–water partition coefficient (Wildman–Crippen LogP) is 2.04. The van der Waals surface area contributed by atoms with Gasteiger partial charge in [0.15, 0.2) is 0 Å². The van der Waals surface area contributed by atoms with Gasteiger partial charge >= 0.3 is 0 Å². The van der Waals surface area contributed by atoms with Gasteiger partial charge in [-0.25, -0.2) is 0 Å². The number of carbonyl (C=O) groups excluding carboxylic acids is 1. The monoisotopic (exact) mass is 260 g/mol. The summed E-state index contributed by atoms with van der Waals surface area (Å²) in [4.78, 5) is 12.3. The highest BCUT2D eigenvalue weighted by molar-refractivity contribution is 5.82. The standard InChI is InChI=1S/C16H24N2O/c1-13-5-3-4-6-14(13)7-10-18-15(19)16(2)8-11-17-12-9-16/h3-6,17H,7-12H2,1-2H3,(H,18,19). The van der Waals surface area contributed by atoms with E-state index in [2.05, 4.69) is 42.7 Å². The van der Waals surface area contributed by atoms with Gasteiger partial charge in [-0.2, -0.15) is 0 Å². The van der Waals surface area contributed by atoms with Crippen LogP contribution in [0.25, 0.3) is 0 Å². The Kier molecular flexibility index (Phi) is 4.59. The Labute approximate surface area is 115 Å². The zero-order chi connectivity index (χ0) is 13.7. The van der Waals surface area contributed by atoms with Crippen LogP contribution in [-0.4, -0.2) is 25.5 Å². The van der Waals surface area contributed by atoms with Crippen molar-refractivity contribution in [2.24, 2.45) is 5.41 Å². The maximum Gasteiger partial charge on any atom is 0.226 e. The molecule has 1 saturated heterocycles. The first-order valence-electron chi connectivity index (χ1n) is 7.15. The first-order chi connectivity index (χ1) is 9.12. The Hall–Kier alpha value is -1.35. The minimum absolute atomic E-state index is 0.184. The van der Waals surface area contributed by atoms with Crippen LogP contribution in [0.3, 0.4) is 0 Å². The molecule has 3 nitrogen and oxygen atoms in total. The molecule has 0 unspecified atom stereocenters. The van der Waals surface area contributed by atoms with E-state index in [0.29, 0.717) is 0 Å². The lowest BCUT2D eigenvalue weighted by Crippen LogP contribution is -2.46. The highest BCUT2D eigenvalue weighted by Gasteiger charge is 2.33. The zero-order valence-electron chi connectivity index (χ0n) is 12.0. The van der Waals surface area contributed by atoms with Crippen molar-refractivity contribution in [2.45, 2.75) is 33.1 Å². The van der Waals surface area contributed by atoms with Crippen LogP contribution < -0.4 is 10.6 Å². The predicted molar refractivity (Wildman–Crippen MR) is 78.1 cm³/mol. The minimum Gasteiger partial charge on any atom is -0.355 e. The van der Waals surface area contributed by atoms with Crippen LogP contribution in [0.2, 0.25) is 0 Å². The topological polar surface area (TPSA) is 41.1 Å². The van der Waals surface area contributed by atoms with Crippen LogP contribution in [0, 0.1) is 12.3 Å². The molecule has 1 fully saturated rings. The summed E-state index contributed by atoms with van der Waals surface area (Å²) in [6.45, 7) is 6.82. The maximum absolute atomic E-state index is 12.3. The van der Waals surface area contributed by atoms with Crippen molar-refractivity contribution in [1.82, 2.24) is 10.6 Å². The molecule has 1 aliphatic rings. The lowest BCUT2D eigenvalue weighted by atomic mass is 9.80. The van der Waals surface area contributed by atoms with Crippen molar-refractivity contribution >= 4 is 5.91 Å². The number of nitrogens with one attached hydrogen (secondary N) is 2. The second-order valence-electron chi connectivity index (χ2n) is 5.74. The average molecular weight is 260 g/mol. The quantitative estimate of drug-likeness (QED) is 0.870. The van der Waals surface area contributed by atoms with Crippen molar-refractivity contribution in [3.05, 3.63) is 35.4 Å². The van der Waals surface area contributed by atoms with Crippen LogP contribution in [0.4, 0.5) is 0 Å². The first kappa shape index (κ1) is 14.1. The van der Waals surface area contributed by atoms with E-state index in [1.165, 1.54) is 11.1 Å². The zero-order valence-corrected chi connectivity index (χ0v) is 12.0. The number of rotatable bonds is 4. The number of piperidine rings is 1. The van der Waals surface area contributed by atoms with E-state index in [-0.39, 0.29) is 11.3 Å². The van der Waals surface area contributed by atoms with Gasteiger partial charge in [0.1, 0.15) is 0 Å². The van der Waals surface area contributed by atoms with Crippen molar-refractivity contribution in [1.29, 1.82) is 0 Å². The molecule has 0 aliphatic carbocycles. The Morgan fingerprint density at radius 1 is 1.32 bits per heavy atom. The van der Waals surface area contributed by atoms with E-state index in [1.54, 1.807) is 0 Å². The first-order valence-corrected chi connectivity index (χ1v) is 7.15. The molecule has 2 N–H and O–H groups in total. The molecular weight excluding hydrogens is 236 g/mol. The van der Waals surface area contributed by atoms with Gasteiger partial charge in [0.25, 0.3) is 0 Å². The molecule has 1 aromatic rings. The molecule has 0 bridgehead atoms. The number of hydrogen-bond acceptors (Lipinski definition) is 2. The number of carbonyl (C=O) groups is 1. The number of amides is 1. The largest absolute Gasteiger partial charge is 0.355 e. The van der Waals surface area contributed by atoms with Gasteiger partial charge in [-0.1, -0.05) is 31.2 Å². The highest BCUT2D eigenvalue weighted by Crippen LogP contribution is 2.27. The Morgan fingerprint density at radius 3 is 2.68 bits per heavy atom. The molecule has 0 aromatic heterocycles. The summed E-state index contributed by atoms with van der Waals surface area (Å²) in [7, 11) is 0. The molecular formula is C16H24N2O. The molecule has 1 heterocycles. The summed E-state index contributed by atoms with van der Waals surface area (Å²) in [5, 5.41) is 6.41. The van der Waals surface area contributed by atoms with E-state index in [1.807, 2.05) is 6.07 Å². The van der Waals surface area contributed by atoms with Crippen LogP contribution in [0.15, 0.2) is 24.3 Å². The number of benzene rings is 1. The van der Waals surface area contributed by atoms with E-state index in [9.17, 15) is 4.79 Å². The summed E-state index contributed by atoms with van der Waals surface area (Å²) in [6.07, 6.45) is 2.78. The van der Waals surface area contributed by atoms with Crippen molar-refractivity contribution in [3.8, 4) is 0 Å². The second kappa shape index (κ2) is 6.20. The molecule has 0 spiro atoms. The fourth-order valence-corrected chi connectivity index (χ4v) is 2.62. The highest BCUT2D eigenvalue weighted by atomic mass is 16.2. The molecule has 0 radical (unpaired) electrons. The third-order valence-corrected chi connectivity index (χ3v) is 4.20. The number of hydrogen-bond donors (Lipinski definition) is 2.